The lowest BCUT2D eigenvalue weighted by Gasteiger charge is -2.47. The van der Waals surface area contributed by atoms with Crippen molar-refractivity contribution in [2.24, 2.45) is 5.92 Å². The third-order valence-electron chi connectivity index (χ3n) is 5.09. The topological polar surface area (TPSA) is 264 Å². The second-order valence-electron chi connectivity index (χ2n) is 7.28. The molecule has 34 heavy (non-hydrogen) atoms. The summed E-state index contributed by atoms with van der Waals surface area (Å²) in [6.45, 7) is -0.186. The van der Waals surface area contributed by atoms with E-state index >= 15 is 0 Å². The van der Waals surface area contributed by atoms with Gasteiger partial charge in [-0.25, -0.2) is 18.5 Å². The van der Waals surface area contributed by atoms with Gasteiger partial charge in [0.1, 0.15) is 37.1 Å². The number of hydrogen-bond donors (Lipinski definition) is 6. The molecular weight excluding hydrogens is 520 g/mol. The van der Waals surface area contributed by atoms with Crippen LogP contribution in [0.2, 0.25) is 0 Å². The van der Waals surface area contributed by atoms with Gasteiger partial charge in [-0.3, -0.25) is 9.11 Å². The Morgan fingerprint density at radius 3 is 1.91 bits per heavy atom. The lowest BCUT2D eigenvalue weighted by Crippen LogP contribution is -2.64. The van der Waals surface area contributed by atoms with Gasteiger partial charge in [0.25, 0.3) is 0 Å². The molecule has 18 nitrogen and oxygen atoms in total. The van der Waals surface area contributed by atoms with Gasteiger partial charge in [-0.1, -0.05) is 12.0 Å². The van der Waals surface area contributed by atoms with Gasteiger partial charge < -0.3 is 34.3 Å². The summed E-state index contributed by atoms with van der Waals surface area (Å²) < 4.78 is 93.3. The summed E-state index contributed by atoms with van der Waals surface area (Å²) in [5.74, 6) is -1.15. The molecule has 2 aliphatic heterocycles. The Morgan fingerprint density at radius 1 is 0.853 bits per heavy atom. The largest absolute Gasteiger partial charge is 0.397 e. The van der Waals surface area contributed by atoms with Crippen LogP contribution in [0.25, 0.3) is 0 Å². The predicted octanol–water partition coefficient (Wildman–Crippen LogP) is -3.38. The van der Waals surface area contributed by atoms with Gasteiger partial charge in [0.05, 0.1) is 12.7 Å². The van der Waals surface area contributed by atoms with Gasteiger partial charge in [0.15, 0.2) is 18.7 Å². The maximum Gasteiger partial charge on any atom is 0.397 e. The highest BCUT2D eigenvalue weighted by Gasteiger charge is 2.53. The SMILES string of the molecule is CO[C@@H]1OC(COOO)[C@H](O[C@@H]2OC(CO)[C@H](O)[C@H](C)C2OS(=O)(=O)O)[C@H](O)C1OS(=O)(=O)O. The van der Waals surface area contributed by atoms with Gasteiger partial charge >= 0.3 is 20.8 Å². The highest BCUT2D eigenvalue weighted by molar-refractivity contribution is 7.81. The molecule has 4 unspecified atom stereocenters. The van der Waals surface area contributed by atoms with Gasteiger partial charge in [0, 0.05) is 13.0 Å². The van der Waals surface area contributed by atoms with Crippen LogP contribution < -0.4 is 0 Å². The zero-order valence-electron chi connectivity index (χ0n) is 17.6. The van der Waals surface area contributed by atoms with Crippen LogP contribution in [-0.4, -0.2) is 122 Å². The first-order valence-corrected chi connectivity index (χ1v) is 12.2. The first kappa shape index (κ1) is 29.6. The normalized spacial score (nSPS) is 39.8. The van der Waals surface area contributed by atoms with Crippen LogP contribution >= 0.6 is 0 Å². The zero-order chi connectivity index (χ0) is 25.8. The molecule has 20 heteroatoms. The first-order valence-electron chi connectivity index (χ1n) is 9.43. The maximum absolute atomic E-state index is 11.3. The van der Waals surface area contributed by atoms with Crippen LogP contribution in [0.15, 0.2) is 0 Å². The van der Waals surface area contributed by atoms with Crippen molar-refractivity contribution in [1.29, 1.82) is 0 Å². The predicted molar refractivity (Wildman–Crippen MR) is 100.0 cm³/mol. The second kappa shape index (κ2) is 12.1. The van der Waals surface area contributed by atoms with Crippen LogP contribution in [-0.2, 0) is 58.0 Å². The third-order valence-corrected chi connectivity index (χ3v) is 6.02. The van der Waals surface area contributed by atoms with E-state index in [2.05, 4.69) is 18.3 Å². The Hall–Kier alpha value is -0.660. The fourth-order valence-corrected chi connectivity index (χ4v) is 4.56. The lowest BCUT2D eigenvalue weighted by atomic mass is 9.90. The molecule has 0 aromatic carbocycles. The summed E-state index contributed by atoms with van der Waals surface area (Å²) in [6, 6.07) is 0. The minimum absolute atomic E-state index is 0.700. The Balaban J connectivity index is 2.40. The van der Waals surface area contributed by atoms with Crippen molar-refractivity contribution in [1.82, 2.24) is 0 Å². The summed E-state index contributed by atoms with van der Waals surface area (Å²) in [5.41, 5.74) is 0. The fourth-order valence-electron chi connectivity index (χ4n) is 3.53. The number of aliphatic hydroxyl groups is 3. The molecule has 0 spiro atoms. The average Bonchev–Trinajstić information content (AvgIpc) is 2.73. The van der Waals surface area contributed by atoms with E-state index in [0.717, 1.165) is 7.11 Å². The molecule has 202 valence electrons. The second-order valence-corrected chi connectivity index (χ2v) is 9.38. The highest BCUT2D eigenvalue weighted by atomic mass is 32.3. The molecule has 0 amide bonds. The molecule has 2 rings (SSSR count). The number of hydrogen-bond acceptors (Lipinski definition) is 16. The van der Waals surface area contributed by atoms with Crippen molar-refractivity contribution >= 4 is 20.8 Å². The summed E-state index contributed by atoms with van der Waals surface area (Å²) >= 11 is 0. The molecule has 2 saturated heterocycles. The third kappa shape index (κ3) is 7.67. The number of methoxy groups -OCH3 is 1. The lowest BCUT2D eigenvalue weighted by molar-refractivity contribution is -0.499. The highest BCUT2D eigenvalue weighted by Crippen LogP contribution is 2.34. The van der Waals surface area contributed by atoms with Crippen molar-refractivity contribution in [3.05, 3.63) is 0 Å². The van der Waals surface area contributed by atoms with Crippen LogP contribution in [0, 0.1) is 5.92 Å². The molecule has 10 atom stereocenters. The van der Waals surface area contributed by atoms with Gasteiger partial charge in [0.2, 0.25) is 0 Å². The van der Waals surface area contributed by atoms with E-state index in [0.29, 0.717) is 0 Å². The summed E-state index contributed by atoms with van der Waals surface area (Å²) in [4.78, 5) is 4.35. The summed E-state index contributed by atoms with van der Waals surface area (Å²) in [6.07, 6.45) is -15.3. The van der Waals surface area contributed by atoms with E-state index in [1.54, 1.807) is 0 Å². The van der Waals surface area contributed by atoms with Crippen LogP contribution in [0.1, 0.15) is 6.92 Å². The van der Waals surface area contributed by atoms with Gasteiger partial charge in [-0.2, -0.15) is 16.8 Å². The number of ether oxygens (including phenoxy) is 4. The molecule has 6 N–H and O–H groups in total. The van der Waals surface area contributed by atoms with E-state index in [1.807, 2.05) is 0 Å². The van der Waals surface area contributed by atoms with Crippen molar-refractivity contribution < 1.29 is 83.8 Å². The van der Waals surface area contributed by atoms with Crippen LogP contribution in [0.5, 0.6) is 0 Å². The van der Waals surface area contributed by atoms with Crippen molar-refractivity contribution in [3.8, 4) is 0 Å². The smallest absolute Gasteiger partial charge is 0.394 e. The van der Waals surface area contributed by atoms with Gasteiger partial charge in [-0.05, 0) is 0 Å². The zero-order valence-corrected chi connectivity index (χ0v) is 19.2. The number of rotatable bonds is 11. The maximum atomic E-state index is 11.3. The molecular formula is C14H26O18S2. The summed E-state index contributed by atoms with van der Waals surface area (Å²) in [7, 11) is -9.25. The minimum atomic E-state index is -5.16. The van der Waals surface area contributed by atoms with Crippen molar-refractivity contribution in [2.45, 2.75) is 62.2 Å². The molecule has 2 heterocycles. The Kier molecular flexibility index (Phi) is 10.5. The Morgan fingerprint density at radius 2 is 1.41 bits per heavy atom. The standard InChI is InChI=1S/C14H26O18S2/c1-5-8(16)6(3-15)27-14(10(5)30-33(19,20)21)29-11-7(4-26-32-18)28-13(25-2)12(9(11)17)31-34(22,23)24/h5-18H,3-4H2,1-2H3,(H,19,20,21)(H,22,23,24)/t5-,6?,7?,8+,9-,10?,11-,12?,13+,14-/m0/s1. The molecule has 0 aromatic heterocycles. The quantitative estimate of drug-likeness (QED) is 0.0838. The fraction of sp³-hybridized carbons (Fsp3) is 1.00. The average molecular weight is 546 g/mol. The molecule has 0 aliphatic carbocycles. The van der Waals surface area contributed by atoms with E-state index < -0.39 is 95.2 Å². The first-order chi connectivity index (χ1) is 15.7. The number of aliphatic hydroxyl groups excluding tert-OH is 3. The monoisotopic (exact) mass is 546 g/mol. The van der Waals surface area contributed by atoms with Crippen LogP contribution in [0.3, 0.4) is 0 Å². The molecule has 0 saturated carbocycles. The molecule has 2 fully saturated rings. The molecule has 0 radical (unpaired) electrons. The summed E-state index contributed by atoms with van der Waals surface area (Å²) in [5, 5.41) is 42.4. The van der Waals surface area contributed by atoms with Crippen LogP contribution in [0.4, 0.5) is 0 Å². The van der Waals surface area contributed by atoms with Gasteiger partial charge in [-0.15, -0.1) is 0 Å². The Labute approximate surface area is 193 Å². The molecule has 2 aliphatic rings. The van der Waals surface area contributed by atoms with Crippen molar-refractivity contribution in [3.63, 3.8) is 0 Å². The van der Waals surface area contributed by atoms with Crippen molar-refractivity contribution in [2.75, 3.05) is 20.3 Å². The van der Waals surface area contributed by atoms with E-state index in [4.69, 9.17) is 33.3 Å². The molecule has 0 bridgehead atoms. The Bertz CT molecular complexity index is 849. The minimum Gasteiger partial charge on any atom is -0.394 e. The molecule has 0 aromatic rings. The van der Waals surface area contributed by atoms with E-state index in [9.17, 15) is 32.2 Å². The van der Waals surface area contributed by atoms with E-state index in [1.165, 1.54) is 6.92 Å². The van der Waals surface area contributed by atoms with E-state index in [-0.39, 0.29) is 0 Å².